The Morgan fingerprint density at radius 3 is 2.40 bits per heavy atom. The number of rotatable bonds is 6. The van der Waals surface area contributed by atoms with Crippen LogP contribution in [0.4, 0.5) is 14.5 Å². The highest BCUT2D eigenvalue weighted by Gasteiger charge is 2.26. The van der Waals surface area contributed by atoms with Gasteiger partial charge in [-0.1, -0.05) is 12.1 Å². The molecule has 1 amide bonds. The molecule has 3 rings (SSSR count). The maximum absolute atomic E-state index is 12.6. The normalized spacial score (nSPS) is 11.8. The summed E-state index contributed by atoms with van der Waals surface area (Å²) in [6.45, 7) is 3.69. The van der Waals surface area contributed by atoms with Crippen LogP contribution < -0.4 is 10.9 Å². The number of alkyl halides is 2. The van der Waals surface area contributed by atoms with Crippen LogP contribution in [-0.2, 0) is 21.1 Å². The quantitative estimate of drug-likeness (QED) is 0.591. The highest BCUT2D eigenvalue weighted by molar-refractivity contribution is 7.91. The van der Waals surface area contributed by atoms with Crippen molar-refractivity contribution in [3.8, 4) is 0 Å². The van der Waals surface area contributed by atoms with E-state index in [4.69, 9.17) is 4.42 Å². The van der Waals surface area contributed by atoms with E-state index in [-0.39, 0.29) is 18.5 Å². The molecule has 6 nitrogen and oxygen atoms in total. The predicted octanol–water partition coefficient (Wildman–Crippen LogP) is 3.98. The van der Waals surface area contributed by atoms with Gasteiger partial charge in [0.25, 0.3) is 0 Å². The van der Waals surface area contributed by atoms with E-state index in [1.807, 2.05) is 19.1 Å². The first-order valence-electron chi connectivity index (χ1n) is 9.04. The molecule has 0 saturated carbocycles. The number of benzene rings is 2. The zero-order valence-corrected chi connectivity index (χ0v) is 17.1. The molecule has 158 valence electrons. The molecule has 0 aliphatic carbocycles. The lowest BCUT2D eigenvalue weighted by Crippen LogP contribution is -2.17. The van der Waals surface area contributed by atoms with Crippen molar-refractivity contribution < 1.29 is 26.4 Å². The second-order valence-electron chi connectivity index (χ2n) is 6.87. The topological polar surface area (TPSA) is 93.5 Å². The zero-order valence-electron chi connectivity index (χ0n) is 16.2. The SMILES string of the molecule is Cc1ccc2c(C)c(CCC(=O)Nc3ccc(S(=O)(=O)C(F)F)cc3)c(=O)oc2c1. The molecule has 0 radical (unpaired) electrons. The number of amides is 1. The van der Waals surface area contributed by atoms with Gasteiger partial charge in [-0.2, -0.15) is 8.78 Å². The molecule has 0 saturated heterocycles. The summed E-state index contributed by atoms with van der Waals surface area (Å²) in [6.07, 6.45) is 0.141. The van der Waals surface area contributed by atoms with Gasteiger partial charge in [-0.05, 0) is 61.7 Å². The van der Waals surface area contributed by atoms with Gasteiger partial charge in [0.1, 0.15) is 5.58 Å². The Labute approximate surface area is 171 Å². The summed E-state index contributed by atoms with van der Waals surface area (Å²) in [7, 11) is -4.69. The van der Waals surface area contributed by atoms with Gasteiger partial charge < -0.3 is 9.73 Å². The minimum Gasteiger partial charge on any atom is -0.423 e. The number of nitrogens with one attached hydrogen (secondary N) is 1. The van der Waals surface area contributed by atoms with Gasteiger partial charge in [-0.25, -0.2) is 13.2 Å². The minimum absolute atomic E-state index is 0.0138. The van der Waals surface area contributed by atoms with E-state index < -0.39 is 32.0 Å². The fourth-order valence-corrected chi connectivity index (χ4v) is 3.80. The first-order valence-corrected chi connectivity index (χ1v) is 10.6. The van der Waals surface area contributed by atoms with Crippen LogP contribution in [0.5, 0.6) is 0 Å². The second kappa shape index (κ2) is 8.35. The lowest BCUT2D eigenvalue weighted by molar-refractivity contribution is -0.116. The summed E-state index contributed by atoms with van der Waals surface area (Å²) in [5.41, 5.74) is 2.36. The average molecular weight is 435 g/mol. The first kappa shape index (κ1) is 21.6. The first-order chi connectivity index (χ1) is 14.1. The van der Waals surface area contributed by atoms with Crippen molar-refractivity contribution in [1.82, 2.24) is 0 Å². The number of anilines is 1. The third-order valence-corrected chi connectivity index (χ3v) is 6.14. The van der Waals surface area contributed by atoms with Crippen molar-refractivity contribution in [1.29, 1.82) is 0 Å². The van der Waals surface area contributed by atoms with Crippen molar-refractivity contribution in [2.75, 3.05) is 5.32 Å². The van der Waals surface area contributed by atoms with E-state index in [1.54, 1.807) is 13.0 Å². The van der Waals surface area contributed by atoms with E-state index in [0.717, 1.165) is 28.6 Å². The molecule has 30 heavy (non-hydrogen) atoms. The van der Waals surface area contributed by atoms with Crippen LogP contribution >= 0.6 is 0 Å². The standard InChI is InChI=1S/C21H19F2NO5S/c1-12-3-8-16-13(2)17(20(26)29-18(16)11-12)9-10-19(25)24-14-4-6-15(7-5-14)30(27,28)21(22)23/h3-8,11,21H,9-10H2,1-2H3,(H,24,25). The van der Waals surface area contributed by atoms with Crippen LogP contribution in [0.15, 0.2) is 56.6 Å². The molecular weight excluding hydrogens is 416 g/mol. The number of hydrogen-bond donors (Lipinski definition) is 1. The molecule has 0 bridgehead atoms. The Bertz CT molecular complexity index is 1270. The molecule has 1 aromatic heterocycles. The van der Waals surface area contributed by atoms with Crippen LogP contribution in [0.3, 0.4) is 0 Å². The van der Waals surface area contributed by atoms with E-state index >= 15 is 0 Å². The molecule has 0 spiro atoms. The summed E-state index contributed by atoms with van der Waals surface area (Å²) in [5.74, 6) is -3.93. The molecule has 1 heterocycles. The molecule has 0 unspecified atom stereocenters. The predicted molar refractivity (Wildman–Crippen MR) is 109 cm³/mol. The molecule has 1 N–H and O–H groups in total. The van der Waals surface area contributed by atoms with Gasteiger partial charge in [0, 0.05) is 23.1 Å². The lowest BCUT2D eigenvalue weighted by Gasteiger charge is -2.09. The summed E-state index contributed by atoms with van der Waals surface area (Å²) >= 11 is 0. The number of sulfone groups is 1. The van der Waals surface area contributed by atoms with Gasteiger partial charge in [0.05, 0.1) is 4.90 Å². The molecule has 2 aromatic carbocycles. The van der Waals surface area contributed by atoms with Crippen LogP contribution in [0.25, 0.3) is 11.0 Å². The van der Waals surface area contributed by atoms with Gasteiger partial charge >= 0.3 is 11.4 Å². The number of fused-ring (bicyclic) bond motifs is 1. The summed E-state index contributed by atoms with van der Waals surface area (Å²) in [4.78, 5) is 24.0. The Kier molecular flexibility index (Phi) is 6.02. The Balaban J connectivity index is 1.71. The van der Waals surface area contributed by atoms with Gasteiger partial charge in [-0.3, -0.25) is 4.79 Å². The summed E-state index contributed by atoms with van der Waals surface area (Å²) < 4.78 is 53.3. The largest absolute Gasteiger partial charge is 0.423 e. The number of carbonyl (C=O) groups excluding carboxylic acids is 1. The maximum Gasteiger partial charge on any atom is 0.341 e. The van der Waals surface area contributed by atoms with Crippen LogP contribution in [0, 0.1) is 13.8 Å². The van der Waals surface area contributed by atoms with Crippen molar-refractivity contribution in [3.05, 3.63) is 69.6 Å². The molecule has 0 atom stereocenters. The Morgan fingerprint density at radius 1 is 1.10 bits per heavy atom. The van der Waals surface area contributed by atoms with E-state index in [0.29, 0.717) is 11.1 Å². The number of aryl methyl sites for hydroxylation is 2. The monoisotopic (exact) mass is 435 g/mol. The second-order valence-corrected chi connectivity index (χ2v) is 8.79. The van der Waals surface area contributed by atoms with Crippen molar-refractivity contribution in [2.45, 2.75) is 37.3 Å². The van der Waals surface area contributed by atoms with Crippen LogP contribution in [-0.4, -0.2) is 20.1 Å². The third kappa shape index (κ3) is 4.40. The highest BCUT2D eigenvalue weighted by atomic mass is 32.2. The molecule has 0 aliphatic rings. The molecular formula is C21H19F2NO5S. The molecule has 9 heteroatoms. The lowest BCUT2D eigenvalue weighted by atomic mass is 10.0. The van der Waals surface area contributed by atoms with E-state index in [9.17, 15) is 26.8 Å². The average Bonchev–Trinajstić information content (AvgIpc) is 2.67. The number of halogens is 2. The van der Waals surface area contributed by atoms with Gasteiger partial charge in [-0.15, -0.1) is 0 Å². The number of hydrogen-bond acceptors (Lipinski definition) is 5. The fraction of sp³-hybridized carbons (Fsp3) is 0.238. The third-order valence-electron chi connectivity index (χ3n) is 4.75. The van der Waals surface area contributed by atoms with E-state index in [2.05, 4.69) is 5.32 Å². The van der Waals surface area contributed by atoms with E-state index in [1.165, 1.54) is 12.1 Å². The van der Waals surface area contributed by atoms with Crippen molar-refractivity contribution in [2.24, 2.45) is 0 Å². The smallest absolute Gasteiger partial charge is 0.341 e. The molecule has 3 aromatic rings. The summed E-state index contributed by atoms with van der Waals surface area (Å²) in [6, 6.07) is 10.0. The summed E-state index contributed by atoms with van der Waals surface area (Å²) in [5, 5.41) is 3.35. The molecule has 0 fully saturated rings. The zero-order chi connectivity index (χ0) is 22.1. The van der Waals surface area contributed by atoms with Crippen LogP contribution in [0.1, 0.15) is 23.1 Å². The highest BCUT2D eigenvalue weighted by Crippen LogP contribution is 2.22. The fourth-order valence-electron chi connectivity index (χ4n) is 3.08. The Morgan fingerprint density at radius 2 is 1.77 bits per heavy atom. The minimum atomic E-state index is -4.69. The van der Waals surface area contributed by atoms with Gasteiger partial charge in [0.2, 0.25) is 15.7 Å². The van der Waals surface area contributed by atoms with Crippen molar-refractivity contribution >= 4 is 32.4 Å². The van der Waals surface area contributed by atoms with Crippen molar-refractivity contribution in [3.63, 3.8) is 0 Å². The maximum atomic E-state index is 12.6. The Hall–Kier alpha value is -3.07. The van der Waals surface area contributed by atoms with Crippen LogP contribution in [0.2, 0.25) is 0 Å². The number of carbonyl (C=O) groups is 1. The molecule has 0 aliphatic heterocycles. The van der Waals surface area contributed by atoms with Gasteiger partial charge in [0.15, 0.2) is 0 Å².